The molecule has 0 spiro atoms. The van der Waals surface area contributed by atoms with Crippen LogP contribution >= 0.6 is 0 Å². The molecule has 3 N–H and O–H groups in total. The van der Waals surface area contributed by atoms with Crippen LogP contribution in [-0.2, 0) is 14.3 Å². The van der Waals surface area contributed by atoms with Crippen LogP contribution in [0.25, 0.3) is 0 Å². The molecule has 1 amide bonds. The number of ether oxygens (including phenoxy) is 1. The van der Waals surface area contributed by atoms with Crippen molar-refractivity contribution in [2.45, 2.75) is 56.7 Å². The van der Waals surface area contributed by atoms with Gasteiger partial charge in [-0.15, -0.1) is 0 Å². The molecule has 2 aliphatic rings. The fourth-order valence-electron chi connectivity index (χ4n) is 3.29. The van der Waals surface area contributed by atoms with Gasteiger partial charge in [0.2, 0.25) is 5.91 Å². The minimum absolute atomic E-state index is 0.192. The molecule has 114 valence electrons. The Balaban J connectivity index is 1.85. The van der Waals surface area contributed by atoms with Gasteiger partial charge in [0.15, 0.2) is 0 Å². The highest BCUT2D eigenvalue weighted by Crippen LogP contribution is 2.33. The first-order valence-electron chi connectivity index (χ1n) is 7.40. The predicted octanol–water partition coefficient (Wildman–Crippen LogP) is 0.513. The molecule has 6 heteroatoms. The van der Waals surface area contributed by atoms with E-state index < -0.39 is 12.0 Å². The Labute approximate surface area is 119 Å². The lowest BCUT2D eigenvalue weighted by atomic mass is 9.85. The quantitative estimate of drug-likeness (QED) is 0.661. The summed E-state index contributed by atoms with van der Waals surface area (Å²) in [6.07, 6.45) is 5.87. The molecule has 1 saturated heterocycles. The molecule has 0 aromatic heterocycles. The van der Waals surface area contributed by atoms with Crippen LogP contribution in [0.2, 0.25) is 0 Å². The number of carbonyl (C=O) groups is 2. The maximum absolute atomic E-state index is 12.2. The van der Waals surface area contributed by atoms with Crippen molar-refractivity contribution >= 4 is 11.9 Å². The van der Waals surface area contributed by atoms with E-state index in [-0.39, 0.29) is 18.4 Å². The van der Waals surface area contributed by atoms with Crippen LogP contribution in [0, 0.1) is 5.92 Å². The first-order valence-corrected chi connectivity index (χ1v) is 7.40. The lowest BCUT2D eigenvalue weighted by molar-refractivity contribution is -0.142. The zero-order valence-corrected chi connectivity index (χ0v) is 11.9. The van der Waals surface area contributed by atoms with Crippen LogP contribution in [0.1, 0.15) is 38.5 Å². The van der Waals surface area contributed by atoms with Gasteiger partial charge < -0.3 is 20.5 Å². The Morgan fingerprint density at radius 1 is 1.40 bits per heavy atom. The van der Waals surface area contributed by atoms with Gasteiger partial charge in [-0.05, 0) is 25.2 Å². The van der Waals surface area contributed by atoms with Crippen LogP contribution < -0.4 is 10.6 Å². The third-order valence-electron chi connectivity index (χ3n) is 4.40. The van der Waals surface area contributed by atoms with Crippen molar-refractivity contribution < 1.29 is 19.4 Å². The maximum Gasteiger partial charge on any atom is 0.326 e. The highest BCUT2D eigenvalue weighted by molar-refractivity contribution is 5.87. The highest BCUT2D eigenvalue weighted by Gasteiger charge is 2.38. The second-order valence-corrected chi connectivity index (χ2v) is 5.79. The molecule has 1 aliphatic heterocycles. The Bertz CT molecular complexity index is 347. The number of hydrogen-bond donors (Lipinski definition) is 3. The summed E-state index contributed by atoms with van der Waals surface area (Å²) in [6, 6.07) is -0.680. The lowest BCUT2D eigenvalue weighted by Gasteiger charge is -2.24. The molecule has 20 heavy (non-hydrogen) atoms. The van der Waals surface area contributed by atoms with Crippen LogP contribution in [-0.4, -0.2) is 48.8 Å². The monoisotopic (exact) mass is 284 g/mol. The Hall–Kier alpha value is -1.14. The summed E-state index contributed by atoms with van der Waals surface area (Å²) >= 11 is 0. The molecule has 4 unspecified atom stereocenters. The number of methoxy groups -OCH3 is 1. The van der Waals surface area contributed by atoms with Crippen LogP contribution in [0.5, 0.6) is 0 Å². The van der Waals surface area contributed by atoms with Crippen molar-refractivity contribution in [1.29, 1.82) is 0 Å². The topological polar surface area (TPSA) is 87.7 Å². The molecule has 0 bridgehead atoms. The number of rotatable bonds is 6. The normalized spacial score (nSPS) is 30.6. The van der Waals surface area contributed by atoms with E-state index in [9.17, 15) is 9.59 Å². The second-order valence-electron chi connectivity index (χ2n) is 5.79. The van der Waals surface area contributed by atoms with Gasteiger partial charge in [0, 0.05) is 26.2 Å². The molecule has 1 heterocycles. The van der Waals surface area contributed by atoms with E-state index in [0.29, 0.717) is 18.6 Å². The lowest BCUT2D eigenvalue weighted by Crippen LogP contribution is -2.49. The molecule has 2 fully saturated rings. The zero-order chi connectivity index (χ0) is 14.5. The number of amides is 1. The first-order chi connectivity index (χ1) is 9.61. The minimum atomic E-state index is -1.01. The van der Waals surface area contributed by atoms with E-state index in [0.717, 1.165) is 12.8 Å². The van der Waals surface area contributed by atoms with E-state index in [1.165, 1.54) is 26.4 Å². The Morgan fingerprint density at radius 3 is 2.80 bits per heavy atom. The van der Waals surface area contributed by atoms with Gasteiger partial charge in [-0.25, -0.2) is 4.79 Å². The molecule has 0 radical (unpaired) electrons. The number of nitrogens with one attached hydrogen (secondary N) is 2. The van der Waals surface area contributed by atoms with E-state index in [1.54, 1.807) is 0 Å². The van der Waals surface area contributed by atoms with Gasteiger partial charge in [-0.3, -0.25) is 4.79 Å². The molecule has 1 saturated carbocycles. The zero-order valence-electron chi connectivity index (χ0n) is 11.9. The standard InChI is InChI=1S/C14H24N2O4/c1-20-7-6-11(14(18)19)16-13(17)12-8-9-4-2-3-5-10(9)15-12/h9-12,15H,2-8H2,1H3,(H,16,17)(H,18,19). The van der Waals surface area contributed by atoms with Gasteiger partial charge in [0.25, 0.3) is 0 Å². The van der Waals surface area contributed by atoms with Crippen molar-refractivity contribution in [3.05, 3.63) is 0 Å². The predicted molar refractivity (Wildman–Crippen MR) is 73.3 cm³/mol. The fourth-order valence-corrected chi connectivity index (χ4v) is 3.29. The summed E-state index contributed by atoms with van der Waals surface area (Å²) < 4.78 is 4.88. The molecule has 0 aromatic carbocycles. The number of aliphatic carboxylic acids is 1. The summed E-state index contributed by atoms with van der Waals surface area (Å²) in [4.78, 5) is 23.3. The Kier molecular flexibility index (Phi) is 5.37. The number of fused-ring (bicyclic) bond motifs is 1. The molecular weight excluding hydrogens is 260 g/mol. The number of carboxylic acids is 1. The third kappa shape index (κ3) is 3.70. The van der Waals surface area contributed by atoms with Crippen molar-refractivity contribution in [3.8, 4) is 0 Å². The van der Waals surface area contributed by atoms with Crippen molar-refractivity contribution in [1.82, 2.24) is 10.6 Å². The molecule has 4 atom stereocenters. The van der Waals surface area contributed by atoms with Crippen molar-refractivity contribution in [3.63, 3.8) is 0 Å². The average Bonchev–Trinajstić information content (AvgIpc) is 2.86. The largest absolute Gasteiger partial charge is 0.480 e. The van der Waals surface area contributed by atoms with E-state index in [2.05, 4.69) is 10.6 Å². The smallest absolute Gasteiger partial charge is 0.326 e. The molecule has 2 rings (SSSR count). The molecule has 0 aromatic rings. The Morgan fingerprint density at radius 2 is 2.15 bits per heavy atom. The highest BCUT2D eigenvalue weighted by atomic mass is 16.5. The number of hydrogen-bond acceptors (Lipinski definition) is 4. The van der Waals surface area contributed by atoms with Gasteiger partial charge in [0.05, 0.1) is 6.04 Å². The van der Waals surface area contributed by atoms with Crippen LogP contribution in [0.4, 0.5) is 0 Å². The van der Waals surface area contributed by atoms with Crippen LogP contribution in [0.15, 0.2) is 0 Å². The van der Waals surface area contributed by atoms with Crippen molar-refractivity contribution in [2.24, 2.45) is 5.92 Å². The van der Waals surface area contributed by atoms with Gasteiger partial charge in [-0.1, -0.05) is 12.8 Å². The molecular formula is C14H24N2O4. The average molecular weight is 284 g/mol. The summed E-state index contributed by atoms with van der Waals surface area (Å²) in [6.45, 7) is 0.320. The summed E-state index contributed by atoms with van der Waals surface area (Å²) in [7, 11) is 1.52. The summed E-state index contributed by atoms with van der Waals surface area (Å²) in [5.41, 5.74) is 0. The van der Waals surface area contributed by atoms with E-state index in [1.807, 2.05) is 0 Å². The second kappa shape index (κ2) is 7.04. The fraction of sp³-hybridized carbons (Fsp3) is 0.857. The molecule has 1 aliphatic carbocycles. The van der Waals surface area contributed by atoms with E-state index in [4.69, 9.17) is 9.84 Å². The van der Waals surface area contributed by atoms with E-state index >= 15 is 0 Å². The maximum atomic E-state index is 12.2. The third-order valence-corrected chi connectivity index (χ3v) is 4.40. The van der Waals surface area contributed by atoms with Gasteiger partial charge in [-0.2, -0.15) is 0 Å². The summed E-state index contributed by atoms with van der Waals surface area (Å²) in [5, 5.41) is 15.1. The first kappa shape index (κ1) is 15.3. The van der Waals surface area contributed by atoms with Crippen LogP contribution in [0.3, 0.4) is 0 Å². The van der Waals surface area contributed by atoms with Crippen molar-refractivity contribution in [2.75, 3.05) is 13.7 Å². The SMILES string of the molecule is COCCC(NC(=O)C1CC2CCCCC2N1)C(=O)O. The van der Waals surface area contributed by atoms with Gasteiger partial charge >= 0.3 is 5.97 Å². The summed E-state index contributed by atoms with van der Waals surface area (Å²) in [5.74, 6) is -0.629. The molecule has 6 nitrogen and oxygen atoms in total. The number of carbonyl (C=O) groups excluding carboxylic acids is 1. The van der Waals surface area contributed by atoms with Gasteiger partial charge in [0.1, 0.15) is 6.04 Å². The number of carboxylic acid groups (broad SMARTS) is 1. The minimum Gasteiger partial charge on any atom is -0.480 e.